The Labute approximate surface area is 122 Å². The Morgan fingerprint density at radius 1 is 1.26 bits per heavy atom. The van der Waals surface area contributed by atoms with E-state index >= 15 is 0 Å². The molecule has 0 atom stereocenters. The molecule has 108 valence electrons. The Morgan fingerprint density at radius 3 is 2.58 bits per heavy atom. The van der Waals surface area contributed by atoms with Crippen LogP contribution in [0, 0.1) is 11.3 Å². The van der Waals surface area contributed by atoms with Crippen molar-refractivity contribution in [2.24, 2.45) is 11.3 Å². The van der Waals surface area contributed by atoms with Gasteiger partial charge in [0.2, 0.25) is 0 Å². The maximum atomic E-state index is 5.99. The molecule has 1 rings (SSSR count). The maximum Gasteiger partial charge on any atom is 0.132 e. The van der Waals surface area contributed by atoms with Crippen LogP contribution >= 0.6 is 11.8 Å². The highest BCUT2D eigenvalue weighted by Gasteiger charge is 2.19. The highest BCUT2D eigenvalue weighted by atomic mass is 32.2. The molecular formula is C16H27NOS. The van der Waals surface area contributed by atoms with Crippen LogP contribution in [0.1, 0.15) is 27.7 Å². The minimum Gasteiger partial charge on any atom is -0.492 e. The number of para-hydroxylation sites is 1. The van der Waals surface area contributed by atoms with Gasteiger partial charge < -0.3 is 10.1 Å². The first kappa shape index (κ1) is 16.4. The van der Waals surface area contributed by atoms with E-state index in [1.165, 1.54) is 4.90 Å². The van der Waals surface area contributed by atoms with Crippen LogP contribution in [0.4, 0.5) is 0 Å². The number of hydrogen-bond acceptors (Lipinski definition) is 3. The molecule has 0 aromatic heterocycles. The zero-order valence-corrected chi connectivity index (χ0v) is 13.6. The van der Waals surface area contributed by atoms with Gasteiger partial charge in [-0.15, -0.1) is 11.8 Å². The molecule has 1 N–H and O–H groups in total. The number of rotatable bonds is 8. The van der Waals surface area contributed by atoms with Gasteiger partial charge >= 0.3 is 0 Å². The van der Waals surface area contributed by atoms with Gasteiger partial charge in [-0.1, -0.05) is 39.8 Å². The summed E-state index contributed by atoms with van der Waals surface area (Å²) in [7, 11) is 0. The predicted octanol–water partition coefficient (Wildman–Crippen LogP) is 4.06. The van der Waals surface area contributed by atoms with Crippen molar-refractivity contribution in [3.05, 3.63) is 24.3 Å². The first-order chi connectivity index (χ1) is 8.94. The maximum absolute atomic E-state index is 5.99. The van der Waals surface area contributed by atoms with E-state index < -0.39 is 0 Å². The summed E-state index contributed by atoms with van der Waals surface area (Å²) < 4.78 is 5.99. The lowest BCUT2D eigenvalue weighted by Gasteiger charge is -2.26. The summed E-state index contributed by atoms with van der Waals surface area (Å²) in [6, 6.07) is 8.22. The first-order valence-corrected chi connectivity index (χ1v) is 8.13. The molecule has 0 bridgehead atoms. The Morgan fingerprint density at radius 2 is 1.95 bits per heavy atom. The van der Waals surface area contributed by atoms with Crippen LogP contribution in [0.15, 0.2) is 29.2 Å². The molecule has 0 saturated heterocycles. The molecule has 0 saturated carbocycles. The third-order valence-electron chi connectivity index (χ3n) is 2.84. The highest BCUT2D eigenvalue weighted by Crippen LogP contribution is 2.28. The van der Waals surface area contributed by atoms with Gasteiger partial charge in [-0.3, -0.25) is 0 Å². The average Bonchev–Trinajstić information content (AvgIpc) is 2.36. The van der Waals surface area contributed by atoms with Gasteiger partial charge in [0.15, 0.2) is 0 Å². The largest absolute Gasteiger partial charge is 0.492 e. The molecule has 0 aliphatic carbocycles. The zero-order valence-electron chi connectivity index (χ0n) is 12.8. The first-order valence-electron chi connectivity index (χ1n) is 6.91. The fourth-order valence-electron chi connectivity index (χ4n) is 1.76. The van der Waals surface area contributed by atoms with Gasteiger partial charge in [-0.25, -0.2) is 0 Å². The number of benzene rings is 1. The molecule has 0 aliphatic rings. The van der Waals surface area contributed by atoms with Crippen molar-refractivity contribution in [2.45, 2.75) is 32.6 Å². The molecule has 0 heterocycles. The summed E-state index contributed by atoms with van der Waals surface area (Å²) in [5.41, 5.74) is 0.139. The van der Waals surface area contributed by atoms with Crippen molar-refractivity contribution in [1.82, 2.24) is 5.32 Å². The summed E-state index contributed by atoms with van der Waals surface area (Å²) in [6.45, 7) is 11.7. The van der Waals surface area contributed by atoms with E-state index in [4.69, 9.17) is 4.74 Å². The summed E-state index contributed by atoms with van der Waals surface area (Å²) in [5.74, 6) is 1.68. The number of thioether (sulfide) groups is 1. The predicted molar refractivity (Wildman–Crippen MR) is 85.2 cm³/mol. The van der Waals surface area contributed by atoms with Gasteiger partial charge in [-0.2, -0.15) is 0 Å². The van der Waals surface area contributed by atoms with Crippen LogP contribution in [0.3, 0.4) is 0 Å². The van der Waals surface area contributed by atoms with Crippen molar-refractivity contribution in [2.75, 3.05) is 26.0 Å². The van der Waals surface area contributed by atoms with E-state index in [0.717, 1.165) is 25.4 Å². The highest BCUT2D eigenvalue weighted by molar-refractivity contribution is 7.98. The number of nitrogens with one attached hydrogen (secondary N) is 1. The standard InChI is InChI=1S/C16H27NOS/c1-13(2)10-17-11-16(3,4)12-18-14-8-6-7-9-15(14)19-5/h6-9,13,17H,10-12H2,1-5H3. The zero-order chi connectivity index (χ0) is 14.3. The Balaban J connectivity index is 2.45. The van der Waals surface area contributed by atoms with Crippen molar-refractivity contribution >= 4 is 11.8 Å². The molecule has 0 unspecified atom stereocenters. The van der Waals surface area contributed by atoms with Crippen LogP contribution in [-0.2, 0) is 0 Å². The number of ether oxygens (including phenoxy) is 1. The van der Waals surface area contributed by atoms with E-state index in [1.807, 2.05) is 18.2 Å². The molecule has 0 aliphatic heterocycles. The van der Waals surface area contributed by atoms with E-state index in [1.54, 1.807) is 11.8 Å². The van der Waals surface area contributed by atoms with Crippen molar-refractivity contribution in [3.8, 4) is 5.75 Å². The van der Waals surface area contributed by atoms with Crippen LogP contribution in [0.5, 0.6) is 5.75 Å². The van der Waals surface area contributed by atoms with E-state index in [-0.39, 0.29) is 5.41 Å². The molecule has 0 amide bonds. The number of hydrogen-bond donors (Lipinski definition) is 1. The molecule has 2 nitrogen and oxygen atoms in total. The second-order valence-electron chi connectivity index (χ2n) is 6.13. The molecule has 0 spiro atoms. The third kappa shape index (κ3) is 6.35. The summed E-state index contributed by atoms with van der Waals surface area (Å²) >= 11 is 1.73. The fraction of sp³-hybridized carbons (Fsp3) is 0.625. The lowest BCUT2D eigenvalue weighted by molar-refractivity contribution is 0.172. The van der Waals surface area contributed by atoms with E-state index in [2.05, 4.69) is 45.3 Å². The Bertz CT molecular complexity index is 377. The normalized spacial score (nSPS) is 11.9. The summed E-state index contributed by atoms with van der Waals surface area (Å²) in [5, 5.41) is 3.50. The van der Waals surface area contributed by atoms with Gasteiger partial charge in [0.1, 0.15) is 5.75 Å². The average molecular weight is 281 g/mol. The molecule has 1 aromatic carbocycles. The smallest absolute Gasteiger partial charge is 0.132 e. The van der Waals surface area contributed by atoms with Gasteiger partial charge in [0.05, 0.1) is 6.61 Å². The summed E-state index contributed by atoms with van der Waals surface area (Å²) in [6.07, 6.45) is 2.08. The second kappa shape index (κ2) is 7.81. The van der Waals surface area contributed by atoms with Crippen molar-refractivity contribution in [1.29, 1.82) is 0 Å². The fourth-order valence-corrected chi connectivity index (χ4v) is 2.30. The molecule has 0 fully saturated rings. The van der Waals surface area contributed by atoms with Gasteiger partial charge in [0, 0.05) is 16.9 Å². The Hall–Kier alpha value is -0.670. The lowest BCUT2D eigenvalue weighted by Crippen LogP contribution is -2.35. The van der Waals surface area contributed by atoms with Gasteiger partial charge in [0.25, 0.3) is 0 Å². The quantitative estimate of drug-likeness (QED) is 0.726. The molecule has 3 heteroatoms. The third-order valence-corrected chi connectivity index (χ3v) is 3.62. The SMILES string of the molecule is CSc1ccccc1OCC(C)(C)CNCC(C)C. The summed E-state index contributed by atoms with van der Waals surface area (Å²) in [4.78, 5) is 1.20. The Kier molecular flexibility index (Phi) is 6.73. The van der Waals surface area contributed by atoms with Crippen molar-refractivity contribution in [3.63, 3.8) is 0 Å². The minimum atomic E-state index is 0.139. The lowest BCUT2D eigenvalue weighted by atomic mass is 9.94. The molecular weight excluding hydrogens is 254 g/mol. The molecule has 0 radical (unpaired) electrons. The van der Waals surface area contributed by atoms with Gasteiger partial charge in [-0.05, 0) is 30.9 Å². The molecule has 19 heavy (non-hydrogen) atoms. The van der Waals surface area contributed by atoms with Crippen LogP contribution in [-0.4, -0.2) is 26.0 Å². The van der Waals surface area contributed by atoms with Crippen LogP contribution < -0.4 is 10.1 Å². The van der Waals surface area contributed by atoms with Crippen LogP contribution in [0.25, 0.3) is 0 Å². The second-order valence-corrected chi connectivity index (χ2v) is 6.98. The van der Waals surface area contributed by atoms with Crippen LogP contribution in [0.2, 0.25) is 0 Å². The monoisotopic (exact) mass is 281 g/mol. The van der Waals surface area contributed by atoms with E-state index in [9.17, 15) is 0 Å². The topological polar surface area (TPSA) is 21.3 Å². The van der Waals surface area contributed by atoms with Crippen molar-refractivity contribution < 1.29 is 4.74 Å². The molecule has 1 aromatic rings. The van der Waals surface area contributed by atoms with E-state index in [0.29, 0.717) is 5.92 Å². The minimum absolute atomic E-state index is 0.139.